The molecular weight excluding hydrogens is 521 g/mol. The number of rotatable bonds is 7. The van der Waals surface area contributed by atoms with Gasteiger partial charge in [0.05, 0.1) is 19.8 Å². The van der Waals surface area contributed by atoms with Gasteiger partial charge in [-0.3, -0.25) is 9.89 Å². The zero-order valence-corrected chi connectivity index (χ0v) is 21.8. The molecule has 1 aromatic rings. The molecule has 2 heterocycles. The Labute approximate surface area is 209 Å². The van der Waals surface area contributed by atoms with Crippen molar-refractivity contribution in [3.8, 4) is 5.75 Å². The number of carbonyl (C=O) groups is 1. The number of carbonyl (C=O) groups excluding carboxylic acids is 1. The normalized spacial score (nSPS) is 18.6. The van der Waals surface area contributed by atoms with Crippen LogP contribution in [0.5, 0.6) is 5.75 Å². The minimum Gasteiger partial charge on any atom is -0.497 e. The highest BCUT2D eigenvalue weighted by Gasteiger charge is 2.26. The molecule has 2 aliphatic rings. The number of halogens is 1. The molecule has 32 heavy (non-hydrogen) atoms. The summed E-state index contributed by atoms with van der Waals surface area (Å²) in [6.07, 6.45) is 4.05. The van der Waals surface area contributed by atoms with Crippen molar-refractivity contribution in [2.75, 3.05) is 53.5 Å². The molecule has 0 spiro atoms. The molecule has 9 heteroatoms. The van der Waals surface area contributed by atoms with Crippen LogP contribution in [0.1, 0.15) is 44.2 Å². The molecule has 0 saturated carbocycles. The minimum absolute atomic E-state index is 0. The summed E-state index contributed by atoms with van der Waals surface area (Å²) >= 11 is 0. The SMILES string of the molecule is CCOC(=O)N1CCC(NC(=NC)NCC(c2ccc(OC)cc2)N2CCCC2)CC1.I. The van der Waals surface area contributed by atoms with Gasteiger partial charge in [0.15, 0.2) is 5.96 Å². The number of methoxy groups -OCH3 is 1. The number of likely N-dealkylation sites (tertiary alicyclic amines) is 2. The van der Waals surface area contributed by atoms with Crippen LogP contribution in [0.25, 0.3) is 0 Å². The zero-order chi connectivity index (χ0) is 22.1. The number of aliphatic imine (C=N–C) groups is 1. The van der Waals surface area contributed by atoms with Crippen LogP contribution in [-0.2, 0) is 4.74 Å². The quantitative estimate of drug-likeness (QED) is 0.304. The summed E-state index contributed by atoms with van der Waals surface area (Å²) in [6, 6.07) is 8.96. The maximum Gasteiger partial charge on any atom is 0.409 e. The third-order valence-corrected chi connectivity index (χ3v) is 6.13. The van der Waals surface area contributed by atoms with E-state index in [0.717, 1.165) is 44.2 Å². The fraction of sp³-hybridized carbons (Fsp3) is 0.652. The van der Waals surface area contributed by atoms with Crippen molar-refractivity contribution in [3.05, 3.63) is 29.8 Å². The van der Waals surface area contributed by atoms with Gasteiger partial charge in [-0.2, -0.15) is 0 Å². The molecule has 2 N–H and O–H groups in total. The Hall–Kier alpha value is -1.75. The van der Waals surface area contributed by atoms with Gasteiger partial charge in [-0.1, -0.05) is 12.1 Å². The Balaban J connectivity index is 0.00000363. The lowest BCUT2D eigenvalue weighted by Gasteiger charge is -2.33. The van der Waals surface area contributed by atoms with Crippen LogP contribution in [0.15, 0.2) is 29.3 Å². The molecule has 1 aromatic carbocycles. The molecule has 1 amide bonds. The summed E-state index contributed by atoms with van der Waals surface area (Å²) in [4.78, 5) is 20.7. The number of ether oxygens (including phenoxy) is 2. The Morgan fingerprint density at radius 2 is 1.81 bits per heavy atom. The van der Waals surface area contributed by atoms with E-state index in [1.165, 1.54) is 18.4 Å². The summed E-state index contributed by atoms with van der Waals surface area (Å²) in [6.45, 7) is 6.69. The molecule has 0 bridgehead atoms. The lowest BCUT2D eigenvalue weighted by molar-refractivity contribution is 0.0963. The summed E-state index contributed by atoms with van der Waals surface area (Å²) in [7, 11) is 3.50. The first-order valence-corrected chi connectivity index (χ1v) is 11.4. The van der Waals surface area contributed by atoms with E-state index in [9.17, 15) is 4.79 Å². The van der Waals surface area contributed by atoms with E-state index in [4.69, 9.17) is 9.47 Å². The van der Waals surface area contributed by atoms with Gasteiger partial charge in [0.2, 0.25) is 0 Å². The fourth-order valence-electron chi connectivity index (χ4n) is 4.34. The molecule has 3 rings (SSSR count). The first-order chi connectivity index (χ1) is 15.1. The second-order valence-electron chi connectivity index (χ2n) is 8.09. The number of hydrogen-bond donors (Lipinski definition) is 2. The first kappa shape index (κ1) is 26.5. The van der Waals surface area contributed by atoms with Gasteiger partial charge >= 0.3 is 6.09 Å². The van der Waals surface area contributed by atoms with Gasteiger partial charge in [-0.15, -0.1) is 24.0 Å². The van der Waals surface area contributed by atoms with Crippen LogP contribution in [0, 0.1) is 0 Å². The topological polar surface area (TPSA) is 78.4 Å². The van der Waals surface area contributed by atoms with Crippen LogP contribution in [-0.4, -0.2) is 81.4 Å². The molecule has 2 saturated heterocycles. The Morgan fingerprint density at radius 3 is 2.38 bits per heavy atom. The van der Waals surface area contributed by atoms with Gasteiger partial charge < -0.3 is 25.0 Å². The standard InChI is InChI=1S/C23H37N5O3.HI/c1-4-31-23(29)28-15-11-19(12-16-28)26-22(24-2)25-17-21(27-13-5-6-14-27)18-7-9-20(30-3)10-8-18;/h7-10,19,21H,4-6,11-17H2,1-3H3,(H2,24,25,26);1H. The van der Waals surface area contributed by atoms with Gasteiger partial charge in [-0.25, -0.2) is 4.79 Å². The summed E-state index contributed by atoms with van der Waals surface area (Å²) in [5.74, 6) is 1.69. The maximum atomic E-state index is 11.9. The number of piperidine rings is 1. The van der Waals surface area contributed by atoms with E-state index < -0.39 is 0 Å². The number of nitrogens with one attached hydrogen (secondary N) is 2. The van der Waals surface area contributed by atoms with Crippen molar-refractivity contribution >= 4 is 36.0 Å². The average Bonchev–Trinajstić information content (AvgIpc) is 3.34. The van der Waals surface area contributed by atoms with Crippen molar-refractivity contribution in [2.24, 2.45) is 4.99 Å². The van der Waals surface area contributed by atoms with E-state index in [1.54, 1.807) is 19.1 Å². The van der Waals surface area contributed by atoms with Crippen molar-refractivity contribution in [2.45, 2.75) is 44.7 Å². The Morgan fingerprint density at radius 1 is 1.16 bits per heavy atom. The lowest BCUT2D eigenvalue weighted by atomic mass is 10.0. The highest BCUT2D eigenvalue weighted by Crippen LogP contribution is 2.26. The number of amides is 1. The largest absolute Gasteiger partial charge is 0.497 e. The molecule has 0 aliphatic carbocycles. The molecule has 2 fully saturated rings. The smallest absolute Gasteiger partial charge is 0.409 e. The molecule has 1 unspecified atom stereocenters. The van der Waals surface area contributed by atoms with Gasteiger partial charge in [-0.05, 0) is 63.4 Å². The highest BCUT2D eigenvalue weighted by atomic mass is 127. The van der Waals surface area contributed by atoms with E-state index in [2.05, 4.69) is 32.7 Å². The second kappa shape index (κ2) is 13.7. The van der Waals surface area contributed by atoms with Crippen molar-refractivity contribution in [1.29, 1.82) is 0 Å². The summed E-state index contributed by atoms with van der Waals surface area (Å²) in [5.41, 5.74) is 1.29. The molecule has 0 radical (unpaired) electrons. The maximum absolute atomic E-state index is 11.9. The monoisotopic (exact) mass is 559 g/mol. The predicted molar refractivity (Wildman–Crippen MR) is 138 cm³/mol. The van der Waals surface area contributed by atoms with Crippen LogP contribution in [0.3, 0.4) is 0 Å². The molecule has 1 atom stereocenters. The molecule has 0 aromatic heterocycles. The van der Waals surface area contributed by atoms with Crippen LogP contribution < -0.4 is 15.4 Å². The third-order valence-electron chi connectivity index (χ3n) is 6.13. The van der Waals surface area contributed by atoms with Crippen molar-refractivity contribution < 1.29 is 14.3 Å². The van der Waals surface area contributed by atoms with E-state index in [1.807, 2.05) is 19.1 Å². The van der Waals surface area contributed by atoms with Crippen LogP contribution >= 0.6 is 24.0 Å². The van der Waals surface area contributed by atoms with Gasteiger partial charge in [0, 0.05) is 32.7 Å². The molecular formula is C23H38IN5O3. The summed E-state index contributed by atoms with van der Waals surface area (Å²) < 4.78 is 10.4. The highest BCUT2D eigenvalue weighted by molar-refractivity contribution is 14.0. The van der Waals surface area contributed by atoms with Crippen LogP contribution in [0.2, 0.25) is 0 Å². The van der Waals surface area contributed by atoms with E-state index in [-0.39, 0.29) is 36.1 Å². The predicted octanol–water partition coefficient (Wildman–Crippen LogP) is 3.24. The number of benzene rings is 1. The van der Waals surface area contributed by atoms with E-state index in [0.29, 0.717) is 25.7 Å². The summed E-state index contributed by atoms with van der Waals surface area (Å²) in [5, 5.41) is 7.07. The number of guanidine groups is 1. The second-order valence-corrected chi connectivity index (χ2v) is 8.09. The average molecular weight is 559 g/mol. The molecule has 180 valence electrons. The zero-order valence-electron chi connectivity index (χ0n) is 19.5. The molecule has 2 aliphatic heterocycles. The number of hydrogen-bond acceptors (Lipinski definition) is 5. The fourth-order valence-corrected chi connectivity index (χ4v) is 4.34. The Kier molecular flexibility index (Phi) is 11.4. The van der Waals surface area contributed by atoms with Crippen molar-refractivity contribution in [3.63, 3.8) is 0 Å². The van der Waals surface area contributed by atoms with Crippen molar-refractivity contribution in [1.82, 2.24) is 20.4 Å². The lowest BCUT2D eigenvalue weighted by Crippen LogP contribution is -2.51. The first-order valence-electron chi connectivity index (χ1n) is 11.4. The Bertz CT molecular complexity index is 717. The molecule has 8 nitrogen and oxygen atoms in total. The van der Waals surface area contributed by atoms with E-state index >= 15 is 0 Å². The minimum atomic E-state index is -0.212. The van der Waals surface area contributed by atoms with Gasteiger partial charge in [0.25, 0.3) is 0 Å². The van der Waals surface area contributed by atoms with Crippen LogP contribution in [0.4, 0.5) is 4.79 Å². The number of nitrogens with zero attached hydrogens (tertiary/aromatic N) is 3. The third kappa shape index (κ3) is 7.40. The van der Waals surface area contributed by atoms with Gasteiger partial charge in [0.1, 0.15) is 5.75 Å².